The van der Waals surface area contributed by atoms with Crippen LogP contribution in [0.15, 0.2) is 61.1 Å². The van der Waals surface area contributed by atoms with E-state index < -0.39 is 0 Å². The predicted molar refractivity (Wildman–Crippen MR) is 71.0 cm³/mol. The van der Waals surface area contributed by atoms with Gasteiger partial charge >= 0.3 is 0 Å². The van der Waals surface area contributed by atoms with Crippen LogP contribution in [0.3, 0.4) is 0 Å². The van der Waals surface area contributed by atoms with Gasteiger partial charge in [0.2, 0.25) is 0 Å². The number of methoxy groups -OCH3 is 1. The van der Waals surface area contributed by atoms with Crippen LogP contribution in [0.4, 0.5) is 0 Å². The fourth-order valence-corrected chi connectivity index (χ4v) is 1.20. The molecule has 0 radical (unpaired) electrons. The molecular formula is C15H14O3. The van der Waals surface area contributed by atoms with Crippen molar-refractivity contribution in [2.24, 2.45) is 0 Å². The third-order valence-electron chi connectivity index (χ3n) is 2.03. The number of hydrogen-bond acceptors (Lipinski definition) is 3. The largest absolute Gasteiger partial charge is 0.493 e. The Hall–Kier alpha value is -2.51. The van der Waals surface area contributed by atoms with Gasteiger partial charge in [0.15, 0.2) is 11.5 Å². The van der Waals surface area contributed by atoms with E-state index in [0.717, 1.165) is 6.29 Å². The van der Waals surface area contributed by atoms with Gasteiger partial charge in [-0.3, -0.25) is 4.79 Å². The van der Waals surface area contributed by atoms with Crippen molar-refractivity contribution >= 4 is 6.29 Å². The van der Waals surface area contributed by atoms with Crippen LogP contribution in [0.1, 0.15) is 10.4 Å². The van der Waals surface area contributed by atoms with Gasteiger partial charge in [-0.15, -0.1) is 5.73 Å². The molecular weight excluding hydrogens is 228 g/mol. The monoisotopic (exact) mass is 242 g/mol. The molecule has 0 aliphatic heterocycles. The zero-order valence-electron chi connectivity index (χ0n) is 10.1. The molecule has 0 amide bonds. The topological polar surface area (TPSA) is 35.5 Å². The first-order valence-electron chi connectivity index (χ1n) is 5.29. The van der Waals surface area contributed by atoms with Crippen LogP contribution in [0, 0.1) is 0 Å². The normalized spacial score (nSPS) is 10.3. The van der Waals surface area contributed by atoms with Crippen molar-refractivity contribution < 1.29 is 14.3 Å². The van der Waals surface area contributed by atoms with E-state index >= 15 is 0 Å². The van der Waals surface area contributed by atoms with Crippen LogP contribution in [0.25, 0.3) is 0 Å². The van der Waals surface area contributed by atoms with Gasteiger partial charge in [-0.2, -0.15) is 0 Å². The first kappa shape index (κ1) is 13.6. The van der Waals surface area contributed by atoms with Crippen molar-refractivity contribution in [3.05, 3.63) is 66.6 Å². The Morgan fingerprint density at radius 3 is 2.72 bits per heavy atom. The summed E-state index contributed by atoms with van der Waals surface area (Å²) in [7, 11) is 1.54. The average molecular weight is 242 g/mol. The van der Waals surface area contributed by atoms with Crippen LogP contribution in [-0.2, 0) is 0 Å². The van der Waals surface area contributed by atoms with Crippen LogP contribution in [0.5, 0.6) is 11.5 Å². The molecule has 1 rings (SSSR count). The molecule has 1 aromatic carbocycles. The molecule has 0 fully saturated rings. The van der Waals surface area contributed by atoms with E-state index in [2.05, 4.69) is 12.3 Å². The lowest BCUT2D eigenvalue weighted by atomic mass is 10.2. The van der Waals surface area contributed by atoms with Crippen molar-refractivity contribution in [2.75, 3.05) is 7.11 Å². The van der Waals surface area contributed by atoms with E-state index in [1.54, 1.807) is 49.6 Å². The van der Waals surface area contributed by atoms with Crippen molar-refractivity contribution in [3.8, 4) is 11.5 Å². The van der Waals surface area contributed by atoms with Gasteiger partial charge in [-0.25, -0.2) is 0 Å². The molecule has 18 heavy (non-hydrogen) atoms. The van der Waals surface area contributed by atoms with E-state index in [1.807, 2.05) is 0 Å². The smallest absolute Gasteiger partial charge is 0.169 e. The fraction of sp³-hybridized carbons (Fsp3) is 0.0667. The summed E-state index contributed by atoms with van der Waals surface area (Å²) < 4.78 is 10.5. The first-order chi connectivity index (χ1) is 8.81. The molecule has 0 saturated carbocycles. The van der Waals surface area contributed by atoms with Gasteiger partial charge in [0.1, 0.15) is 6.29 Å². The van der Waals surface area contributed by atoms with Crippen LogP contribution < -0.4 is 9.47 Å². The summed E-state index contributed by atoms with van der Waals surface area (Å²) in [6.45, 7) is 3.43. The Morgan fingerprint density at radius 2 is 2.06 bits per heavy atom. The minimum atomic E-state index is 0.492. The molecule has 0 aliphatic carbocycles. The molecule has 92 valence electrons. The van der Waals surface area contributed by atoms with Crippen LogP contribution >= 0.6 is 0 Å². The maximum atomic E-state index is 10.7. The summed E-state index contributed by atoms with van der Waals surface area (Å²) in [6.07, 6.45) is 9.18. The Kier molecular flexibility index (Phi) is 5.81. The lowest BCUT2D eigenvalue weighted by Crippen LogP contribution is -1.91. The first-order valence-corrected chi connectivity index (χ1v) is 5.29. The number of ether oxygens (including phenoxy) is 2. The highest BCUT2D eigenvalue weighted by molar-refractivity contribution is 5.76. The van der Waals surface area contributed by atoms with E-state index in [1.165, 1.54) is 6.26 Å². The highest BCUT2D eigenvalue weighted by atomic mass is 16.5. The summed E-state index contributed by atoms with van der Waals surface area (Å²) in [4.78, 5) is 10.7. The second-order valence-electron chi connectivity index (χ2n) is 3.23. The number of carbonyl (C=O) groups is 1. The molecule has 0 atom stereocenters. The number of benzene rings is 1. The molecule has 0 spiro atoms. The number of aldehydes is 1. The number of hydrogen-bond donors (Lipinski definition) is 0. The standard InChI is InChI=1S/C15H14O3/c1-3-4-5-6-7-10-18-15-11-13(12-16)8-9-14(15)17-2/h4-12H,1H2,2H3/b6-5-,10-7-. The highest BCUT2D eigenvalue weighted by Gasteiger charge is 2.03. The highest BCUT2D eigenvalue weighted by Crippen LogP contribution is 2.27. The van der Waals surface area contributed by atoms with Crippen molar-refractivity contribution in [1.82, 2.24) is 0 Å². The predicted octanol–water partition coefficient (Wildman–Crippen LogP) is 3.30. The van der Waals surface area contributed by atoms with Crippen molar-refractivity contribution in [2.45, 2.75) is 0 Å². The zero-order valence-corrected chi connectivity index (χ0v) is 10.1. The molecule has 0 heterocycles. The third-order valence-corrected chi connectivity index (χ3v) is 2.03. The maximum Gasteiger partial charge on any atom is 0.169 e. The second-order valence-corrected chi connectivity index (χ2v) is 3.23. The zero-order chi connectivity index (χ0) is 13.2. The molecule has 0 aromatic heterocycles. The lowest BCUT2D eigenvalue weighted by Gasteiger charge is -2.07. The second kappa shape index (κ2) is 7.71. The minimum Gasteiger partial charge on any atom is -0.493 e. The molecule has 0 unspecified atom stereocenters. The van der Waals surface area contributed by atoms with E-state index in [0.29, 0.717) is 17.1 Å². The molecule has 3 heteroatoms. The summed E-state index contributed by atoms with van der Waals surface area (Å²) in [5.74, 6) is 1.06. The van der Waals surface area contributed by atoms with Gasteiger partial charge in [0.05, 0.1) is 13.4 Å². The molecule has 0 aliphatic rings. The number of rotatable bonds is 6. The molecule has 1 aromatic rings. The summed E-state index contributed by atoms with van der Waals surface area (Å²) in [6, 6.07) is 4.96. The maximum absolute atomic E-state index is 10.7. The van der Waals surface area contributed by atoms with Gasteiger partial charge in [0, 0.05) is 5.56 Å². The van der Waals surface area contributed by atoms with Gasteiger partial charge in [-0.1, -0.05) is 18.7 Å². The average Bonchev–Trinajstić information content (AvgIpc) is 2.42. The molecule has 3 nitrogen and oxygen atoms in total. The Bertz CT molecular complexity index is 506. The summed E-state index contributed by atoms with van der Waals surface area (Å²) in [5.41, 5.74) is 3.15. The number of carbonyl (C=O) groups excluding carboxylic acids is 1. The van der Waals surface area contributed by atoms with Crippen LogP contribution in [0.2, 0.25) is 0 Å². The van der Waals surface area contributed by atoms with Gasteiger partial charge in [0.25, 0.3) is 0 Å². The fourth-order valence-electron chi connectivity index (χ4n) is 1.20. The Labute approximate surface area is 106 Å². The number of allylic oxidation sites excluding steroid dienone is 4. The SMILES string of the molecule is C=C=C/C=C\C=C/Oc1cc(C=O)ccc1OC. The third kappa shape index (κ3) is 4.16. The van der Waals surface area contributed by atoms with E-state index in [9.17, 15) is 4.79 Å². The van der Waals surface area contributed by atoms with Gasteiger partial charge in [-0.05, 0) is 30.4 Å². The lowest BCUT2D eigenvalue weighted by molar-refractivity contribution is 0.112. The van der Waals surface area contributed by atoms with E-state index in [4.69, 9.17) is 9.47 Å². The van der Waals surface area contributed by atoms with E-state index in [-0.39, 0.29) is 0 Å². The molecule has 0 saturated heterocycles. The minimum absolute atomic E-state index is 0.492. The quantitative estimate of drug-likeness (QED) is 0.332. The van der Waals surface area contributed by atoms with Crippen molar-refractivity contribution in [1.29, 1.82) is 0 Å². The molecule has 0 bridgehead atoms. The van der Waals surface area contributed by atoms with Crippen LogP contribution in [-0.4, -0.2) is 13.4 Å². The van der Waals surface area contributed by atoms with Gasteiger partial charge < -0.3 is 9.47 Å². The summed E-state index contributed by atoms with van der Waals surface area (Å²) in [5, 5.41) is 0. The Balaban J connectivity index is 2.76. The Morgan fingerprint density at radius 1 is 1.22 bits per heavy atom. The summed E-state index contributed by atoms with van der Waals surface area (Å²) >= 11 is 0. The van der Waals surface area contributed by atoms with Crippen molar-refractivity contribution in [3.63, 3.8) is 0 Å². The molecule has 0 N–H and O–H groups in total.